The van der Waals surface area contributed by atoms with E-state index in [-0.39, 0.29) is 5.41 Å². The van der Waals surface area contributed by atoms with Gasteiger partial charge in [0.15, 0.2) is 0 Å². The molecule has 0 amide bonds. The highest BCUT2D eigenvalue weighted by atomic mass is 28.3. The standard InChI is InChI=1S/C22H25BO3Si/c1-22(2,3)18-14-16-19(17-15-18)23(24)25-26-27(20-10-6-4-7-11-20)21-12-8-5-9-13-21/h4-17,24,27H,1-3H3. The van der Waals surface area contributed by atoms with Gasteiger partial charge in [0.05, 0.1) is 0 Å². The summed E-state index contributed by atoms with van der Waals surface area (Å²) >= 11 is 0. The maximum Gasteiger partial charge on any atom is 0.521 e. The fourth-order valence-corrected chi connectivity index (χ4v) is 4.84. The van der Waals surface area contributed by atoms with Crippen LogP contribution in [0.2, 0.25) is 0 Å². The molecule has 0 atom stereocenters. The first-order valence-electron chi connectivity index (χ1n) is 9.16. The van der Waals surface area contributed by atoms with Crippen molar-refractivity contribution < 1.29 is 14.4 Å². The Bertz CT molecular complexity index is 793. The summed E-state index contributed by atoms with van der Waals surface area (Å²) in [4.78, 5) is 5.44. The minimum Gasteiger partial charge on any atom is -0.422 e. The molecule has 0 heterocycles. The number of benzene rings is 3. The number of rotatable bonds is 6. The van der Waals surface area contributed by atoms with Crippen LogP contribution in [0.25, 0.3) is 0 Å². The molecule has 3 aromatic rings. The first kappa shape index (κ1) is 19.6. The average Bonchev–Trinajstić information content (AvgIpc) is 2.69. The zero-order valence-corrected chi connectivity index (χ0v) is 17.2. The van der Waals surface area contributed by atoms with E-state index in [4.69, 9.17) is 9.38 Å². The van der Waals surface area contributed by atoms with Crippen LogP contribution in [0.3, 0.4) is 0 Å². The van der Waals surface area contributed by atoms with Gasteiger partial charge in [0.1, 0.15) is 0 Å². The molecule has 3 nitrogen and oxygen atoms in total. The van der Waals surface area contributed by atoms with Gasteiger partial charge in [0.25, 0.3) is 9.04 Å². The van der Waals surface area contributed by atoms with E-state index < -0.39 is 16.2 Å². The van der Waals surface area contributed by atoms with Crippen molar-refractivity contribution in [3.63, 3.8) is 0 Å². The molecule has 0 spiro atoms. The quantitative estimate of drug-likeness (QED) is 0.407. The van der Waals surface area contributed by atoms with Gasteiger partial charge in [-0.05, 0) is 26.8 Å². The van der Waals surface area contributed by atoms with Gasteiger partial charge in [-0.2, -0.15) is 0 Å². The van der Waals surface area contributed by atoms with Crippen molar-refractivity contribution in [3.05, 3.63) is 90.5 Å². The summed E-state index contributed by atoms with van der Waals surface area (Å²) < 4.78 is 5.82. The van der Waals surface area contributed by atoms with Crippen LogP contribution in [0, 0.1) is 0 Å². The first-order valence-corrected chi connectivity index (χ1v) is 10.8. The van der Waals surface area contributed by atoms with Crippen LogP contribution in [0.15, 0.2) is 84.9 Å². The maximum absolute atomic E-state index is 10.4. The van der Waals surface area contributed by atoms with Gasteiger partial charge in [-0.1, -0.05) is 106 Å². The highest BCUT2D eigenvalue weighted by Crippen LogP contribution is 2.20. The summed E-state index contributed by atoms with van der Waals surface area (Å²) in [6.07, 6.45) is 0. The summed E-state index contributed by atoms with van der Waals surface area (Å²) in [5, 5.41) is 12.6. The van der Waals surface area contributed by atoms with Gasteiger partial charge in [-0.25, -0.2) is 0 Å². The third kappa shape index (κ3) is 5.17. The van der Waals surface area contributed by atoms with E-state index in [1.165, 1.54) is 5.56 Å². The van der Waals surface area contributed by atoms with Crippen LogP contribution < -0.4 is 15.8 Å². The molecule has 3 aromatic carbocycles. The normalized spacial score (nSPS) is 11.6. The van der Waals surface area contributed by atoms with Gasteiger partial charge < -0.3 is 5.02 Å². The molecule has 0 unspecified atom stereocenters. The highest BCUT2D eigenvalue weighted by Gasteiger charge is 2.25. The first-order chi connectivity index (χ1) is 12.9. The lowest BCUT2D eigenvalue weighted by Gasteiger charge is -2.20. The van der Waals surface area contributed by atoms with Gasteiger partial charge in [-0.15, -0.1) is 0 Å². The molecule has 0 saturated heterocycles. The summed E-state index contributed by atoms with van der Waals surface area (Å²) in [6, 6.07) is 27.9. The Hall–Kier alpha value is -2.18. The SMILES string of the molecule is CC(C)(C)c1ccc(B(O)OO[SiH](c2ccccc2)c2ccccc2)cc1. The second-order valence-corrected chi connectivity index (χ2v) is 9.90. The second-order valence-electron chi connectivity index (χ2n) is 7.62. The fourth-order valence-electron chi connectivity index (χ4n) is 2.87. The van der Waals surface area contributed by atoms with Crippen molar-refractivity contribution in [2.45, 2.75) is 26.2 Å². The van der Waals surface area contributed by atoms with Crippen LogP contribution in [0.1, 0.15) is 26.3 Å². The predicted octanol–water partition coefficient (Wildman–Crippen LogP) is 2.16. The van der Waals surface area contributed by atoms with Gasteiger partial charge >= 0.3 is 7.12 Å². The molecule has 0 saturated carbocycles. The Balaban J connectivity index is 1.73. The van der Waals surface area contributed by atoms with Crippen molar-refractivity contribution in [2.75, 3.05) is 0 Å². The van der Waals surface area contributed by atoms with E-state index in [1.54, 1.807) is 0 Å². The van der Waals surface area contributed by atoms with E-state index in [0.717, 1.165) is 10.4 Å². The molecule has 27 heavy (non-hydrogen) atoms. The third-order valence-electron chi connectivity index (χ3n) is 4.51. The Morgan fingerprint density at radius 2 is 1.22 bits per heavy atom. The van der Waals surface area contributed by atoms with Crippen LogP contribution in [-0.2, 0) is 14.8 Å². The Kier molecular flexibility index (Phi) is 6.29. The fraction of sp³-hybridized carbons (Fsp3) is 0.182. The minimum atomic E-state index is -2.05. The summed E-state index contributed by atoms with van der Waals surface area (Å²) in [7, 11) is -3.17. The van der Waals surface area contributed by atoms with E-state index in [1.807, 2.05) is 84.9 Å². The van der Waals surface area contributed by atoms with Crippen LogP contribution in [0.5, 0.6) is 0 Å². The van der Waals surface area contributed by atoms with Gasteiger partial charge in [0.2, 0.25) is 0 Å². The molecule has 0 radical (unpaired) electrons. The molecule has 0 aliphatic heterocycles. The third-order valence-corrected chi connectivity index (χ3v) is 6.79. The monoisotopic (exact) mass is 376 g/mol. The van der Waals surface area contributed by atoms with E-state index in [0.29, 0.717) is 5.46 Å². The molecule has 0 aliphatic carbocycles. The molecule has 0 fully saturated rings. The molecular formula is C22H25BO3Si. The molecule has 5 heteroatoms. The second kappa shape index (κ2) is 8.67. The molecule has 0 bridgehead atoms. The Morgan fingerprint density at radius 3 is 1.67 bits per heavy atom. The number of hydrogen-bond acceptors (Lipinski definition) is 3. The van der Waals surface area contributed by atoms with Crippen LogP contribution in [0.4, 0.5) is 0 Å². The smallest absolute Gasteiger partial charge is 0.422 e. The van der Waals surface area contributed by atoms with E-state index >= 15 is 0 Å². The van der Waals surface area contributed by atoms with Gasteiger partial charge in [-0.3, -0.25) is 9.38 Å². The summed E-state index contributed by atoms with van der Waals surface area (Å²) in [5.41, 5.74) is 1.96. The summed E-state index contributed by atoms with van der Waals surface area (Å²) in [5.74, 6) is 0. The molecule has 3 rings (SSSR count). The predicted molar refractivity (Wildman–Crippen MR) is 114 cm³/mol. The van der Waals surface area contributed by atoms with Crippen molar-refractivity contribution >= 4 is 32.0 Å². The Morgan fingerprint density at radius 1 is 0.741 bits per heavy atom. The zero-order chi connectivity index (χ0) is 19.3. The van der Waals surface area contributed by atoms with Gasteiger partial charge in [0, 0.05) is 0 Å². The molecular weight excluding hydrogens is 351 g/mol. The van der Waals surface area contributed by atoms with Crippen molar-refractivity contribution in [1.29, 1.82) is 0 Å². The van der Waals surface area contributed by atoms with Crippen LogP contribution >= 0.6 is 0 Å². The van der Waals surface area contributed by atoms with E-state index in [2.05, 4.69) is 20.8 Å². The Labute approximate surface area is 163 Å². The highest BCUT2D eigenvalue weighted by molar-refractivity contribution is 6.80. The molecule has 1 N–H and O–H groups in total. The van der Waals surface area contributed by atoms with Crippen molar-refractivity contribution in [1.82, 2.24) is 0 Å². The van der Waals surface area contributed by atoms with E-state index in [9.17, 15) is 5.02 Å². The molecule has 0 aliphatic rings. The van der Waals surface area contributed by atoms with Crippen molar-refractivity contribution in [2.24, 2.45) is 0 Å². The summed E-state index contributed by atoms with van der Waals surface area (Å²) in [6.45, 7) is 6.48. The molecule has 138 valence electrons. The minimum absolute atomic E-state index is 0.0689. The maximum atomic E-state index is 10.4. The lowest BCUT2D eigenvalue weighted by Crippen LogP contribution is -2.47. The lowest BCUT2D eigenvalue weighted by molar-refractivity contribution is -0.118. The zero-order valence-electron chi connectivity index (χ0n) is 16.0. The molecule has 0 aromatic heterocycles. The number of hydrogen-bond donors (Lipinski definition) is 1. The lowest BCUT2D eigenvalue weighted by atomic mass is 9.78. The van der Waals surface area contributed by atoms with Crippen molar-refractivity contribution in [3.8, 4) is 0 Å². The average molecular weight is 376 g/mol. The topological polar surface area (TPSA) is 38.7 Å². The van der Waals surface area contributed by atoms with Crippen LogP contribution in [-0.4, -0.2) is 21.2 Å². The largest absolute Gasteiger partial charge is 0.521 e.